The van der Waals surface area contributed by atoms with Gasteiger partial charge in [0.05, 0.1) is 12.9 Å². The Morgan fingerprint density at radius 3 is 2.40 bits per heavy atom. The molecule has 0 aliphatic carbocycles. The summed E-state index contributed by atoms with van der Waals surface area (Å²) in [5.74, 6) is 0.0581. The second kappa shape index (κ2) is 10.3. The van der Waals surface area contributed by atoms with E-state index >= 15 is 0 Å². The maximum Gasteiger partial charge on any atom is 0.479 e. The Morgan fingerprint density at radius 1 is 1.20 bits per heavy atom. The number of alkyl halides is 2. The van der Waals surface area contributed by atoms with Crippen molar-refractivity contribution >= 4 is 83.6 Å². The van der Waals surface area contributed by atoms with Crippen molar-refractivity contribution < 1.29 is 57.1 Å². The number of aromatic nitrogens is 4. The minimum absolute atomic E-state index is 0.0581. The van der Waals surface area contributed by atoms with Crippen molar-refractivity contribution in [2.45, 2.75) is 32.4 Å². The maximum absolute atomic E-state index is 12.2. The lowest BCUT2D eigenvalue weighted by Crippen LogP contribution is -2.33. The predicted octanol–water partition coefficient (Wildman–Crippen LogP) is 0.647. The lowest BCUT2D eigenvalue weighted by atomic mass is 10.1. The lowest BCUT2D eigenvalue weighted by Gasteiger charge is -2.27. The van der Waals surface area contributed by atoms with Crippen LogP contribution in [0.15, 0.2) is 11.5 Å². The molecule has 2 aromatic rings. The highest BCUT2D eigenvalue weighted by atomic mass is 79.9. The molecule has 0 aromatic carbocycles. The number of nitrogen functional groups attached to an aromatic ring is 1. The highest BCUT2D eigenvalue weighted by Gasteiger charge is 2.61. The molecule has 2 unspecified atom stereocenters. The standard InChI is InChI=1S/C12H18Br2N5O12P3S/c1-35-11-17-8(15)5-9(18-11)19(3-16-5)10-7(21)6(20)4(30-10)2-29-34(27,28)31-33(25,26)12(13,14)32(22,23)24/h3-4,6-7,10,20-21H,2H2,1H3,(H,25,26)(H,27,28)(H2,15,17,18)(H2,22,23,24)/t4-,6-,7-,10-/m1/s1. The van der Waals surface area contributed by atoms with Crippen LogP contribution in [0.2, 0.25) is 0 Å². The van der Waals surface area contributed by atoms with Gasteiger partial charge >= 0.3 is 23.0 Å². The van der Waals surface area contributed by atoms with Gasteiger partial charge in [-0.3, -0.25) is 18.2 Å². The fraction of sp³-hybridized carbons (Fsp3) is 0.583. The fourth-order valence-electron chi connectivity index (χ4n) is 2.84. The summed E-state index contributed by atoms with van der Waals surface area (Å²) in [6.07, 6.45) is -3.13. The normalized spacial score (nSPS) is 27.1. The van der Waals surface area contributed by atoms with Gasteiger partial charge in [-0.05, 0) is 38.1 Å². The van der Waals surface area contributed by atoms with Crippen LogP contribution < -0.4 is 5.73 Å². The SMILES string of the molecule is CSc1nc(N)c2ncn([C@@H]3O[C@H](COP(=O)(O)OP(=O)(O)C(Br)(Br)P(=O)(O)O)[C@@H](O)[C@H]3O)c2n1. The van der Waals surface area contributed by atoms with Crippen molar-refractivity contribution in [3.8, 4) is 0 Å². The van der Waals surface area contributed by atoms with Crippen molar-refractivity contribution in [1.29, 1.82) is 0 Å². The summed E-state index contributed by atoms with van der Waals surface area (Å²) < 4.78 is 48.1. The van der Waals surface area contributed by atoms with Gasteiger partial charge in [-0.15, -0.1) is 0 Å². The van der Waals surface area contributed by atoms with Gasteiger partial charge in [0.1, 0.15) is 23.8 Å². The van der Waals surface area contributed by atoms with Crippen LogP contribution in [-0.2, 0) is 27.3 Å². The van der Waals surface area contributed by atoms with Gasteiger partial charge in [0.25, 0.3) is 2.72 Å². The molecule has 2 aromatic heterocycles. The van der Waals surface area contributed by atoms with Crippen molar-refractivity contribution in [1.82, 2.24) is 19.5 Å². The highest BCUT2D eigenvalue weighted by Crippen LogP contribution is 2.81. The molecule has 6 atom stereocenters. The van der Waals surface area contributed by atoms with E-state index in [9.17, 15) is 43.5 Å². The van der Waals surface area contributed by atoms with Crippen LogP contribution >= 0.6 is 66.6 Å². The molecule has 198 valence electrons. The van der Waals surface area contributed by atoms with Gasteiger partial charge in [0.2, 0.25) is 0 Å². The van der Waals surface area contributed by atoms with Crippen LogP contribution in [0.4, 0.5) is 5.82 Å². The topological polar surface area (TPSA) is 270 Å². The molecular weight excluding hydrogens is 691 g/mol. The number of ether oxygens (including phenoxy) is 1. The van der Waals surface area contributed by atoms with Gasteiger partial charge < -0.3 is 40.3 Å². The third-order valence-electron chi connectivity index (χ3n) is 4.53. The number of nitrogens with zero attached hydrogens (tertiary/aromatic N) is 4. The van der Waals surface area contributed by atoms with E-state index in [1.807, 2.05) is 0 Å². The third kappa shape index (κ3) is 5.87. The van der Waals surface area contributed by atoms with Gasteiger partial charge in [0, 0.05) is 0 Å². The zero-order valence-corrected chi connectivity index (χ0v) is 23.8. The first-order chi connectivity index (χ1) is 15.9. The molecule has 0 saturated carbocycles. The number of fused-ring (bicyclic) bond motifs is 1. The largest absolute Gasteiger partial charge is 0.479 e. The van der Waals surface area contributed by atoms with Crippen LogP contribution in [0.25, 0.3) is 11.2 Å². The second-order valence-corrected chi connectivity index (χ2v) is 19.2. The molecule has 1 aliphatic rings. The number of anilines is 1. The Hall–Kier alpha value is -0.0100. The number of phosphoric acid groups is 1. The van der Waals surface area contributed by atoms with E-state index in [-0.39, 0.29) is 17.0 Å². The number of hydrogen-bond acceptors (Lipinski definition) is 13. The average Bonchev–Trinajstić information content (AvgIpc) is 3.26. The summed E-state index contributed by atoms with van der Waals surface area (Å²) in [6.45, 7) is -0.949. The Labute approximate surface area is 217 Å². The first-order valence-corrected chi connectivity index (χ1v) is 16.4. The molecule has 1 aliphatic heterocycles. The summed E-state index contributed by atoms with van der Waals surface area (Å²) in [5, 5.41) is 21.1. The summed E-state index contributed by atoms with van der Waals surface area (Å²) in [6, 6.07) is 0. The molecule has 1 saturated heterocycles. The van der Waals surface area contributed by atoms with Gasteiger partial charge in [-0.2, -0.15) is 0 Å². The number of thioether (sulfide) groups is 1. The molecule has 0 radical (unpaired) electrons. The average molecular weight is 709 g/mol. The minimum atomic E-state index is -5.58. The highest BCUT2D eigenvalue weighted by molar-refractivity contribution is 9.29. The molecule has 17 nitrogen and oxygen atoms in total. The molecule has 1 fully saturated rings. The van der Waals surface area contributed by atoms with Crippen molar-refractivity contribution in [2.75, 3.05) is 18.6 Å². The molecule has 3 rings (SSSR count). The third-order valence-corrected chi connectivity index (χ3v) is 15.6. The summed E-state index contributed by atoms with van der Waals surface area (Å²) in [4.78, 5) is 50.3. The van der Waals surface area contributed by atoms with Gasteiger partial charge in [-0.1, -0.05) is 11.8 Å². The Balaban J connectivity index is 1.76. The molecule has 8 N–H and O–H groups in total. The lowest BCUT2D eigenvalue weighted by molar-refractivity contribution is -0.0502. The Bertz CT molecular complexity index is 1260. The summed E-state index contributed by atoms with van der Waals surface area (Å²) in [7, 11) is -16.5. The molecule has 23 heteroatoms. The molecule has 35 heavy (non-hydrogen) atoms. The predicted molar refractivity (Wildman–Crippen MR) is 127 cm³/mol. The first kappa shape index (κ1) is 29.5. The number of nitrogens with two attached hydrogens (primary N) is 1. The van der Waals surface area contributed by atoms with E-state index in [1.54, 1.807) is 6.26 Å². The van der Waals surface area contributed by atoms with Crippen LogP contribution in [0.5, 0.6) is 0 Å². The fourth-order valence-corrected chi connectivity index (χ4v) is 8.05. The van der Waals surface area contributed by atoms with E-state index in [2.05, 4.69) is 55.6 Å². The monoisotopic (exact) mass is 707 g/mol. The van der Waals surface area contributed by atoms with Gasteiger partial charge in [0.15, 0.2) is 22.8 Å². The van der Waals surface area contributed by atoms with E-state index in [0.717, 1.165) is 0 Å². The van der Waals surface area contributed by atoms with Crippen LogP contribution in [0, 0.1) is 0 Å². The number of hydrogen-bond donors (Lipinski definition) is 7. The van der Waals surface area contributed by atoms with Crippen LogP contribution in [0.1, 0.15) is 6.23 Å². The number of rotatable bonds is 9. The van der Waals surface area contributed by atoms with Gasteiger partial charge in [-0.25, -0.2) is 23.8 Å². The Morgan fingerprint density at radius 2 is 1.83 bits per heavy atom. The minimum Gasteiger partial charge on any atom is -0.387 e. The van der Waals surface area contributed by atoms with Crippen LogP contribution in [-0.4, -0.2) is 83.2 Å². The van der Waals surface area contributed by atoms with E-state index < -0.39 is 56.9 Å². The molecule has 0 bridgehead atoms. The number of phosphoric ester groups is 1. The summed E-state index contributed by atoms with van der Waals surface area (Å²) >= 11 is 5.74. The first-order valence-electron chi connectivity index (χ1n) is 8.92. The van der Waals surface area contributed by atoms with E-state index in [0.29, 0.717) is 5.16 Å². The molecule has 0 amide bonds. The molecule has 0 spiro atoms. The van der Waals surface area contributed by atoms with E-state index in [1.165, 1.54) is 22.7 Å². The number of aliphatic hydroxyl groups is 2. The molecular formula is C12H18Br2N5O12P3S. The smallest absolute Gasteiger partial charge is 0.387 e. The second-order valence-electron chi connectivity index (χ2n) is 6.89. The number of aliphatic hydroxyl groups excluding tert-OH is 2. The van der Waals surface area contributed by atoms with E-state index in [4.69, 9.17) is 10.5 Å². The summed E-state index contributed by atoms with van der Waals surface area (Å²) in [5.41, 5.74) is 6.21. The number of imidazole rings is 1. The maximum atomic E-state index is 12.2. The zero-order chi connectivity index (χ0) is 26.6. The number of halogens is 2. The Kier molecular flexibility index (Phi) is 8.68. The zero-order valence-electron chi connectivity index (χ0n) is 17.1. The quantitative estimate of drug-likeness (QED) is 0.0815. The van der Waals surface area contributed by atoms with Crippen molar-refractivity contribution in [2.24, 2.45) is 0 Å². The van der Waals surface area contributed by atoms with Crippen molar-refractivity contribution in [3.63, 3.8) is 0 Å². The van der Waals surface area contributed by atoms with Crippen LogP contribution in [0.3, 0.4) is 0 Å². The molecule has 3 heterocycles. The van der Waals surface area contributed by atoms with Crippen molar-refractivity contribution in [3.05, 3.63) is 6.33 Å².